The van der Waals surface area contributed by atoms with E-state index in [0.717, 1.165) is 19.3 Å². The van der Waals surface area contributed by atoms with Crippen molar-refractivity contribution in [2.24, 2.45) is 0 Å². The standard InChI is InChI=1S/C16H35O6P.Na.H/c1-2-3-4-5-6-7-8-9-10-11-12-13-14-15-16(17,18)22-23(19,20)21;;/h17-18H,2-15H2,1H3,(H2,19,20,21);;. The van der Waals surface area contributed by atoms with Gasteiger partial charge in [-0.1, -0.05) is 84.0 Å². The summed E-state index contributed by atoms with van der Waals surface area (Å²) in [6.07, 6.45) is 14.9. The van der Waals surface area contributed by atoms with E-state index in [1.54, 1.807) is 0 Å². The van der Waals surface area contributed by atoms with E-state index in [0.29, 0.717) is 6.42 Å². The third kappa shape index (κ3) is 21.1. The van der Waals surface area contributed by atoms with Crippen LogP contribution in [0.2, 0.25) is 0 Å². The van der Waals surface area contributed by atoms with Crippen molar-refractivity contribution in [2.75, 3.05) is 0 Å². The zero-order valence-corrected chi connectivity index (χ0v) is 15.3. The molecule has 6 nitrogen and oxygen atoms in total. The molecule has 0 fully saturated rings. The van der Waals surface area contributed by atoms with Crippen LogP contribution in [0.4, 0.5) is 0 Å². The van der Waals surface area contributed by atoms with Gasteiger partial charge in [0.25, 0.3) is 5.97 Å². The Morgan fingerprint density at radius 3 is 1.42 bits per heavy atom. The summed E-state index contributed by atoms with van der Waals surface area (Å²) in [5, 5.41) is 18.5. The Balaban J connectivity index is 0. The van der Waals surface area contributed by atoms with Crippen LogP contribution in [0.25, 0.3) is 0 Å². The molecule has 0 saturated carbocycles. The normalized spacial score (nSPS) is 12.2. The number of hydrogen-bond acceptors (Lipinski definition) is 4. The van der Waals surface area contributed by atoms with Crippen molar-refractivity contribution < 1.29 is 29.1 Å². The van der Waals surface area contributed by atoms with E-state index in [2.05, 4.69) is 11.4 Å². The van der Waals surface area contributed by atoms with Crippen molar-refractivity contribution in [3.05, 3.63) is 0 Å². The molecule has 24 heavy (non-hydrogen) atoms. The predicted octanol–water partition coefficient (Wildman–Crippen LogP) is 3.57. The molecule has 0 atom stereocenters. The maximum atomic E-state index is 10.5. The molecule has 142 valence electrons. The maximum absolute atomic E-state index is 10.5. The molecular formula is C16H36NaO6P. The van der Waals surface area contributed by atoms with Crippen LogP contribution in [-0.4, -0.2) is 55.5 Å². The van der Waals surface area contributed by atoms with Gasteiger partial charge in [-0.2, -0.15) is 0 Å². The van der Waals surface area contributed by atoms with Gasteiger partial charge in [0.1, 0.15) is 0 Å². The molecule has 0 unspecified atom stereocenters. The molecule has 0 bridgehead atoms. The molecule has 0 saturated heterocycles. The van der Waals surface area contributed by atoms with Crippen molar-refractivity contribution in [3.8, 4) is 0 Å². The minimum absolute atomic E-state index is 0. The van der Waals surface area contributed by atoms with Crippen molar-refractivity contribution in [3.63, 3.8) is 0 Å². The van der Waals surface area contributed by atoms with Crippen LogP contribution in [0.1, 0.15) is 96.8 Å². The third-order valence-corrected chi connectivity index (χ3v) is 4.40. The number of phosphoric ester groups is 1. The van der Waals surface area contributed by atoms with Gasteiger partial charge in [-0.05, 0) is 6.42 Å². The molecule has 0 amide bonds. The molecule has 0 aliphatic heterocycles. The first-order valence-corrected chi connectivity index (χ1v) is 10.5. The molecule has 0 aromatic rings. The Labute approximate surface area is 168 Å². The quantitative estimate of drug-likeness (QED) is 0.142. The second-order valence-corrected chi connectivity index (χ2v) is 7.48. The van der Waals surface area contributed by atoms with Gasteiger partial charge in [-0.15, -0.1) is 0 Å². The number of hydrogen-bond donors (Lipinski definition) is 4. The first kappa shape index (κ1) is 27.3. The Kier molecular flexibility index (Phi) is 18.4. The van der Waals surface area contributed by atoms with Crippen LogP contribution >= 0.6 is 7.82 Å². The van der Waals surface area contributed by atoms with Crippen LogP contribution in [0.5, 0.6) is 0 Å². The van der Waals surface area contributed by atoms with E-state index in [9.17, 15) is 14.8 Å². The number of aliphatic hydroxyl groups is 2. The molecule has 0 radical (unpaired) electrons. The molecule has 8 heteroatoms. The Morgan fingerprint density at radius 1 is 0.750 bits per heavy atom. The fourth-order valence-corrected chi connectivity index (χ4v) is 3.08. The number of unbranched alkanes of at least 4 members (excludes halogenated alkanes) is 12. The van der Waals surface area contributed by atoms with Crippen LogP contribution in [0.15, 0.2) is 0 Å². The van der Waals surface area contributed by atoms with E-state index in [4.69, 9.17) is 9.79 Å². The molecule has 0 spiro atoms. The zero-order valence-electron chi connectivity index (χ0n) is 14.5. The fourth-order valence-electron chi connectivity index (χ4n) is 2.61. The summed E-state index contributed by atoms with van der Waals surface area (Å²) in [5.41, 5.74) is 0. The molecule has 0 aliphatic carbocycles. The summed E-state index contributed by atoms with van der Waals surface area (Å²) >= 11 is 0. The third-order valence-electron chi connectivity index (χ3n) is 3.87. The fraction of sp³-hybridized carbons (Fsp3) is 1.00. The van der Waals surface area contributed by atoms with Crippen molar-refractivity contribution in [1.29, 1.82) is 0 Å². The molecule has 0 aromatic carbocycles. The second kappa shape index (κ2) is 16.2. The monoisotopic (exact) mass is 378 g/mol. The van der Waals surface area contributed by atoms with Gasteiger partial charge in [-0.25, -0.2) is 9.09 Å². The van der Waals surface area contributed by atoms with Crippen LogP contribution < -0.4 is 0 Å². The molecule has 0 aromatic heterocycles. The topological polar surface area (TPSA) is 107 Å². The molecule has 0 heterocycles. The van der Waals surface area contributed by atoms with Crippen molar-refractivity contribution in [2.45, 2.75) is 103 Å². The second-order valence-electron chi connectivity index (χ2n) is 6.32. The summed E-state index contributed by atoms with van der Waals surface area (Å²) in [6, 6.07) is 0. The minimum atomic E-state index is -4.87. The first-order valence-electron chi connectivity index (χ1n) is 8.98. The number of phosphoric acid groups is 1. The van der Waals surface area contributed by atoms with Gasteiger partial charge in [0.2, 0.25) is 0 Å². The van der Waals surface area contributed by atoms with E-state index in [1.807, 2.05) is 0 Å². The van der Waals surface area contributed by atoms with Crippen molar-refractivity contribution >= 4 is 37.4 Å². The Morgan fingerprint density at radius 2 is 1.08 bits per heavy atom. The van der Waals surface area contributed by atoms with E-state index in [1.165, 1.54) is 57.8 Å². The van der Waals surface area contributed by atoms with E-state index >= 15 is 0 Å². The first-order chi connectivity index (χ1) is 10.8. The van der Waals surface area contributed by atoms with Crippen LogP contribution in [0.3, 0.4) is 0 Å². The molecule has 0 aliphatic rings. The van der Waals surface area contributed by atoms with Gasteiger partial charge >= 0.3 is 37.4 Å². The van der Waals surface area contributed by atoms with E-state index < -0.39 is 13.8 Å². The average molecular weight is 378 g/mol. The van der Waals surface area contributed by atoms with Gasteiger partial charge < -0.3 is 20.0 Å². The molecule has 4 N–H and O–H groups in total. The Hall–Kier alpha value is 1.03. The zero-order chi connectivity index (χ0) is 17.6. The Bertz CT molecular complexity index is 322. The van der Waals surface area contributed by atoms with Gasteiger partial charge in [0.05, 0.1) is 0 Å². The number of rotatable bonds is 16. The summed E-state index contributed by atoms with van der Waals surface area (Å²) in [4.78, 5) is 17.1. The van der Waals surface area contributed by atoms with Crippen LogP contribution in [0, 0.1) is 0 Å². The van der Waals surface area contributed by atoms with Gasteiger partial charge in [0, 0.05) is 6.42 Å². The summed E-state index contributed by atoms with van der Waals surface area (Å²) < 4.78 is 14.4. The summed E-state index contributed by atoms with van der Waals surface area (Å²) in [6.45, 7) is 2.23. The average Bonchev–Trinajstić information content (AvgIpc) is 2.41. The van der Waals surface area contributed by atoms with E-state index in [-0.39, 0.29) is 36.0 Å². The van der Waals surface area contributed by atoms with Crippen molar-refractivity contribution in [1.82, 2.24) is 0 Å². The SMILES string of the molecule is CCCCCCCCCCCCCCCC(O)(O)OP(=O)(O)O.[NaH]. The van der Waals surface area contributed by atoms with Gasteiger partial charge in [-0.3, -0.25) is 0 Å². The van der Waals surface area contributed by atoms with Crippen LogP contribution in [-0.2, 0) is 9.09 Å². The summed E-state index contributed by atoms with van der Waals surface area (Å²) in [5.74, 6) is -2.74. The molecule has 0 rings (SSSR count). The van der Waals surface area contributed by atoms with Gasteiger partial charge in [0.15, 0.2) is 0 Å². The summed E-state index contributed by atoms with van der Waals surface area (Å²) in [7, 11) is -4.87. The molecular weight excluding hydrogens is 342 g/mol. The predicted molar refractivity (Wildman–Crippen MR) is 97.8 cm³/mol.